The minimum atomic E-state index is -0.985. The van der Waals surface area contributed by atoms with Crippen LogP contribution in [0, 0.1) is 5.41 Å². The number of carboxylic acids is 1. The molecule has 1 unspecified atom stereocenters. The smallest absolute Gasteiger partial charge is 0.317 e. The Hall–Kier alpha value is -3.92. The summed E-state index contributed by atoms with van der Waals surface area (Å²) in [6.45, 7) is 1.87. The maximum absolute atomic E-state index is 12.9. The van der Waals surface area contributed by atoms with Gasteiger partial charge < -0.3 is 26.0 Å². The number of nitrogens with zero attached hydrogens (tertiary/aromatic N) is 2. The lowest BCUT2D eigenvalue weighted by molar-refractivity contribution is -0.137. The van der Waals surface area contributed by atoms with Crippen molar-refractivity contribution in [1.29, 1.82) is 5.41 Å². The number of nitrogens with one attached hydrogen (secondary N) is 4. The Morgan fingerprint density at radius 3 is 2.60 bits per heavy atom. The zero-order valence-electron chi connectivity index (χ0n) is 19.5. The van der Waals surface area contributed by atoms with Gasteiger partial charge in [0.05, 0.1) is 23.6 Å². The molecule has 0 aliphatic carbocycles. The maximum Gasteiger partial charge on any atom is 0.317 e. The minimum Gasteiger partial charge on any atom is -0.480 e. The molecule has 184 valence electrons. The molecule has 1 aromatic heterocycles. The maximum atomic E-state index is 12.9. The predicted molar refractivity (Wildman–Crippen MR) is 135 cm³/mol. The van der Waals surface area contributed by atoms with E-state index in [2.05, 4.69) is 20.6 Å². The van der Waals surface area contributed by atoms with Gasteiger partial charge in [-0.05, 0) is 61.2 Å². The normalized spacial score (nSPS) is 14.2. The first-order valence-corrected chi connectivity index (χ1v) is 11.8. The number of aliphatic carboxylic acids is 1. The number of anilines is 1. The predicted octanol–water partition coefficient (Wildman–Crippen LogP) is 1.71. The molecule has 3 aromatic rings. The Bertz CT molecular complexity index is 1200. The number of benzene rings is 2. The van der Waals surface area contributed by atoms with Gasteiger partial charge in [0.25, 0.3) is 0 Å². The van der Waals surface area contributed by atoms with Crippen LogP contribution in [-0.2, 0) is 22.4 Å². The first kappa shape index (κ1) is 24.2. The van der Waals surface area contributed by atoms with Crippen molar-refractivity contribution in [2.75, 3.05) is 31.5 Å². The van der Waals surface area contributed by atoms with Gasteiger partial charge in [-0.3, -0.25) is 20.3 Å². The number of amides is 1. The number of carbonyl (C=O) groups is 2. The molecule has 0 radical (unpaired) electrons. The Labute approximate surface area is 203 Å². The van der Waals surface area contributed by atoms with Gasteiger partial charge in [0.1, 0.15) is 11.7 Å². The molecule has 10 nitrogen and oxygen atoms in total. The van der Waals surface area contributed by atoms with Crippen LogP contribution in [0.25, 0.3) is 11.0 Å². The molecule has 2 heterocycles. The second kappa shape index (κ2) is 11.0. The SMILES string of the molecule is N=C(N)c1ccc(NCCc2nc3ccc(CC(NCC(=O)O)C(=O)N4CCCC4)cc3[nH]2)cc1. The number of aromatic nitrogens is 2. The zero-order chi connectivity index (χ0) is 24.8. The number of imidazole rings is 1. The number of carbonyl (C=O) groups excluding carboxylic acids is 1. The number of nitrogens with two attached hydrogens (primary N) is 1. The van der Waals surface area contributed by atoms with E-state index in [9.17, 15) is 9.59 Å². The molecule has 1 atom stereocenters. The lowest BCUT2D eigenvalue weighted by Gasteiger charge is -2.23. The van der Waals surface area contributed by atoms with Crippen molar-refractivity contribution < 1.29 is 14.7 Å². The van der Waals surface area contributed by atoms with E-state index >= 15 is 0 Å². The van der Waals surface area contributed by atoms with Crippen LogP contribution in [0.2, 0.25) is 0 Å². The number of rotatable bonds is 11. The summed E-state index contributed by atoms with van der Waals surface area (Å²) < 4.78 is 0. The zero-order valence-corrected chi connectivity index (χ0v) is 19.5. The number of aromatic amines is 1. The van der Waals surface area contributed by atoms with Gasteiger partial charge in [0.15, 0.2) is 0 Å². The first-order chi connectivity index (χ1) is 16.9. The second-order valence-corrected chi connectivity index (χ2v) is 8.77. The van der Waals surface area contributed by atoms with Gasteiger partial charge in [0, 0.05) is 37.3 Å². The molecule has 7 N–H and O–H groups in total. The van der Waals surface area contributed by atoms with Crippen LogP contribution in [-0.4, -0.2) is 69.9 Å². The van der Waals surface area contributed by atoms with Crippen LogP contribution in [0.1, 0.15) is 29.8 Å². The molecule has 0 spiro atoms. The van der Waals surface area contributed by atoms with Gasteiger partial charge in [-0.2, -0.15) is 0 Å². The Morgan fingerprint density at radius 2 is 1.91 bits per heavy atom. The summed E-state index contributed by atoms with van der Waals surface area (Å²) in [5.41, 5.74) is 9.78. The van der Waals surface area contributed by atoms with Crippen LogP contribution in [0.3, 0.4) is 0 Å². The molecule has 35 heavy (non-hydrogen) atoms. The molecule has 4 rings (SSSR count). The number of likely N-dealkylation sites (tertiary alicyclic amines) is 1. The number of hydrogen-bond acceptors (Lipinski definition) is 6. The largest absolute Gasteiger partial charge is 0.480 e. The van der Waals surface area contributed by atoms with Crippen LogP contribution in [0.4, 0.5) is 5.69 Å². The van der Waals surface area contributed by atoms with Crippen molar-refractivity contribution in [3.63, 3.8) is 0 Å². The molecule has 1 aliphatic heterocycles. The summed E-state index contributed by atoms with van der Waals surface area (Å²) in [6, 6.07) is 12.7. The number of carboxylic acid groups (broad SMARTS) is 1. The van der Waals surface area contributed by atoms with E-state index in [0.717, 1.165) is 54.0 Å². The van der Waals surface area contributed by atoms with Crippen molar-refractivity contribution in [2.45, 2.75) is 31.7 Å². The van der Waals surface area contributed by atoms with Crippen LogP contribution in [0.5, 0.6) is 0 Å². The van der Waals surface area contributed by atoms with E-state index in [0.29, 0.717) is 24.9 Å². The lowest BCUT2D eigenvalue weighted by atomic mass is 10.0. The highest BCUT2D eigenvalue weighted by molar-refractivity contribution is 5.95. The topological polar surface area (TPSA) is 160 Å². The number of H-pyrrole nitrogens is 1. The molecule has 1 amide bonds. The van der Waals surface area contributed by atoms with Gasteiger partial charge >= 0.3 is 5.97 Å². The van der Waals surface area contributed by atoms with Gasteiger partial charge in [0.2, 0.25) is 5.91 Å². The van der Waals surface area contributed by atoms with Crippen molar-refractivity contribution in [3.8, 4) is 0 Å². The average Bonchev–Trinajstić information content (AvgIpc) is 3.51. The third-order valence-corrected chi connectivity index (χ3v) is 6.14. The fourth-order valence-electron chi connectivity index (χ4n) is 4.30. The highest BCUT2D eigenvalue weighted by Gasteiger charge is 2.27. The molecule has 2 aromatic carbocycles. The molecule has 1 saturated heterocycles. The van der Waals surface area contributed by atoms with Crippen LogP contribution >= 0.6 is 0 Å². The minimum absolute atomic E-state index is 0.0441. The van der Waals surface area contributed by atoms with Crippen molar-refractivity contribution in [2.24, 2.45) is 5.73 Å². The quantitative estimate of drug-likeness (QED) is 0.181. The summed E-state index contributed by atoms with van der Waals surface area (Å²) in [6.07, 6.45) is 3.07. The number of nitrogen functional groups attached to an aromatic ring is 1. The summed E-state index contributed by atoms with van der Waals surface area (Å²) in [4.78, 5) is 33.8. The van der Waals surface area contributed by atoms with E-state index < -0.39 is 12.0 Å². The Kier molecular flexibility index (Phi) is 7.61. The van der Waals surface area contributed by atoms with E-state index in [-0.39, 0.29) is 18.3 Å². The van der Waals surface area contributed by atoms with Gasteiger partial charge in [-0.1, -0.05) is 6.07 Å². The standard InChI is InChI=1S/C25H31N7O3/c26-24(27)17-4-6-18(7-5-17)28-10-9-22-30-19-8-3-16(13-20(19)31-22)14-21(29-15-23(33)34)25(35)32-11-1-2-12-32/h3-8,13,21,28-29H,1-2,9-12,14-15H2,(H3,26,27)(H,30,31)(H,33,34). The fraction of sp³-hybridized carbons (Fsp3) is 0.360. The molecule has 1 aliphatic rings. The third-order valence-electron chi connectivity index (χ3n) is 6.14. The van der Waals surface area contributed by atoms with Crippen molar-refractivity contribution in [3.05, 3.63) is 59.4 Å². The molecule has 10 heteroatoms. The first-order valence-electron chi connectivity index (χ1n) is 11.8. The molecule has 1 fully saturated rings. The molecule has 0 bridgehead atoms. The number of hydrogen-bond donors (Lipinski definition) is 6. The van der Waals surface area contributed by atoms with E-state index in [4.69, 9.17) is 16.2 Å². The highest BCUT2D eigenvalue weighted by Crippen LogP contribution is 2.18. The lowest BCUT2D eigenvalue weighted by Crippen LogP contribution is -2.48. The number of fused-ring (bicyclic) bond motifs is 1. The van der Waals surface area contributed by atoms with E-state index in [1.165, 1.54) is 0 Å². The average molecular weight is 478 g/mol. The molecular weight excluding hydrogens is 446 g/mol. The van der Waals surface area contributed by atoms with E-state index in [1.54, 1.807) is 12.1 Å². The van der Waals surface area contributed by atoms with Crippen LogP contribution in [0.15, 0.2) is 42.5 Å². The highest BCUT2D eigenvalue weighted by atomic mass is 16.4. The van der Waals surface area contributed by atoms with E-state index in [1.807, 2.05) is 35.2 Å². The Morgan fingerprint density at radius 1 is 1.17 bits per heavy atom. The molecular formula is C25H31N7O3. The fourth-order valence-corrected chi connectivity index (χ4v) is 4.30. The monoisotopic (exact) mass is 477 g/mol. The number of amidine groups is 1. The summed E-state index contributed by atoms with van der Waals surface area (Å²) >= 11 is 0. The van der Waals surface area contributed by atoms with Crippen molar-refractivity contribution >= 4 is 34.4 Å². The summed E-state index contributed by atoms with van der Waals surface area (Å²) in [7, 11) is 0. The Balaban J connectivity index is 1.38. The van der Waals surface area contributed by atoms with Crippen molar-refractivity contribution in [1.82, 2.24) is 20.2 Å². The summed E-state index contributed by atoms with van der Waals surface area (Å²) in [5.74, 6) is -0.140. The summed E-state index contributed by atoms with van der Waals surface area (Å²) in [5, 5.41) is 22.8. The molecule has 0 saturated carbocycles. The second-order valence-electron chi connectivity index (χ2n) is 8.77. The van der Waals surface area contributed by atoms with Gasteiger partial charge in [-0.25, -0.2) is 4.98 Å². The van der Waals surface area contributed by atoms with Gasteiger partial charge in [-0.15, -0.1) is 0 Å². The third kappa shape index (κ3) is 6.36. The van der Waals surface area contributed by atoms with Crippen LogP contribution < -0.4 is 16.4 Å².